The van der Waals surface area contributed by atoms with Crippen LogP contribution in [-0.2, 0) is 4.79 Å². The van der Waals surface area contributed by atoms with Crippen LogP contribution in [0.3, 0.4) is 0 Å². The number of hydrogen-bond acceptors (Lipinski definition) is 1. The molecule has 0 aromatic rings. The van der Waals surface area contributed by atoms with Crippen molar-refractivity contribution in [3.8, 4) is 0 Å². The van der Waals surface area contributed by atoms with Crippen molar-refractivity contribution in [2.45, 2.75) is 46.6 Å². The van der Waals surface area contributed by atoms with Crippen LogP contribution in [0.5, 0.6) is 0 Å². The summed E-state index contributed by atoms with van der Waals surface area (Å²) in [5.41, 5.74) is 0. The van der Waals surface area contributed by atoms with Gasteiger partial charge in [-0.25, -0.2) is 0 Å². The number of alkyl halides is 4. The Bertz CT molecular complexity index is 268. The van der Waals surface area contributed by atoms with Gasteiger partial charge in [-0.15, -0.1) is 23.2 Å². The Labute approximate surface area is 118 Å². The van der Waals surface area contributed by atoms with E-state index in [0.29, 0.717) is 6.42 Å². The summed E-state index contributed by atoms with van der Waals surface area (Å²) in [6.07, 6.45) is 2.29. The lowest BCUT2D eigenvalue weighted by Crippen LogP contribution is -2.53. The van der Waals surface area contributed by atoms with Crippen LogP contribution in [0.15, 0.2) is 0 Å². The van der Waals surface area contributed by atoms with Gasteiger partial charge in [0.25, 0.3) is 0 Å². The van der Waals surface area contributed by atoms with Crippen molar-refractivity contribution >= 4 is 60.8 Å². The van der Waals surface area contributed by atoms with E-state index in [1.54, 1.807) is 0 Å². The van der Waals surface area contributed by atoms with Crippen LogP contribution < -0.4 is 0 Å². The van der Waals surface area contributed by atoms with E-state index in [0.717, 1.165) is 12.8 Å². The molecule has 1 saturated carbocycles. The smallest absolute Gasteiger partial charge is 0.182 e. The van der Waals surface area contributed by atoms with Gasteiger partial charge in [-0.05, 0) is 25.2 Å². The van der Waals surface area contributed by atoms with Crippen LogP contribution in [-0.4, -0.2) is 19.3 Å². The number of ketones is 1. The molecular weight excluding hydrogens is 367 g/mol. The van der Waals surface area contributed by atoms with Gasteiger partial charge in [0.1, 0.15) is 8.11 Å². The molecule has 1 aliphatic carbocycles. The van der Waals surface area contributed by atoms with Crippen molar-refractivity contribution in [1.29, 1.82) is 0 Å². The van der Waals surface area contributed by atoms with Crippen LogP contribution in [0.2, 0.25) is 0 Å². The molecule has 5 heteroatoms. The van der Waals surface area contributed by atoms with Crippen molar-refractivity contribution in [1.82, 2.24) is 0 Å². The van der Waals surface area contributed by atoms with E-state index in [1.165, 1.54) is 0 Å². The molecule has 0 N–H and O–H groups in total. The van der Waals surface area contributed by atoms with Gasteiger partial charge in [-0.1, -0.05) is 45.7 Å². The number of carbonyl (C=O) groups is 1. The molecule has 1 rings (SSSR count). The highest BCUT2D eigenvalue weighted by molar-refractivity contribution is 9.25. The van der Waals surface area contributed by atoms with E-state index in [1.807, 2.05) is 13.8 Å². The minimum absolute atomic E-state index is 0.0448. The second-order valence-electron chi connectivity index (χ2n) is 4.40. The summed E-state index contributed by atoms with van der Waals surface area (Å²) in [6, 6.07) is 0. The van der Waals surface area contributed by atoms with Crippen molar-refractivity contribution < 1.29 is 4.79 Å². The van der Waals surface area contributed by atoms with Gasteiger partial charge >= 0.3 is 0 Å². The average molecular weight is 381 g/mol. The molecule has 2 unspecified atom stereocenters. The third-order valence-electron chi connectivity index (χ3n) is 2.76. The topological polar surface area (TPSA) is 17.1 Å². The van der Waals surface area contributed by atoms with Gasteiger partial charge in [-0.2, -0.15) is 0 Å². The van der Waals surface area contributed by atoms with E-state index in [4.69, 9.17) is 23.2 Å². The summed E-state index contributed by atoms with van der Waals surface area (Å²) in [5, 5.41) is -0.332. The minimum Gasteiger partial charge on any atom is -0.295 e. The van der Waals surface area contributed by atoms with Gasteiger partial charge in [0.05, 0.1) is 5.38 Å². The van der Waals surface area contributed by atoms with E-state index in [9.17, 15) is 4.79 Å². The van der Waals surface area contributed by atoms with Gasteiger partial charge in [0.15, 0.2) is 5.78 Å². The monoisotopic (exact) mass is 378 g/mol. The van der Waals surface area contributed by atoms with Crippen LogP contribution >= 0.6 is 55.1 Å². The highest BCUT2D eigenvalue weighted by Crippen LogP contribution is 2.49. The van der Waals surface area contributed by atoms with Gasteiger partial charge in [0.2, 0.25) is 0 Å². The van der Waals surface area contributed by atoms with Crippen LogP contribution in [0.1, 0.15) is 33.1 Å². The fraction of sp³-hybridized carbons (Fsp3) is 0.900. The molecule has 0 aromatic carbocycles. The summed E-state index contributed by atoms with van der Waals surface area (Å²) < 4.78 is -0.692. The lowest BCUT2D eigenvalue weighted by molar-refractivity contribution is -0.123. The Kier molecular flexibility index (Phi) is 4.60. The molecule has 0 heterocycles. The number of hydrogen-bond donors (Lipinski definition) is 0. The molecule has 0 radical (unpaired) electrons. The molecule has 88 valence electrons. The fourth-order valence-corrected chi connectivity index (χ4v) is 4.14. The maximum absolute atomic E-state index is 12.2. The molecule has 0 aliphatic heterocycles. The van der Waals surface area contributed by atoms with Crippen molar-refractivity contribution in [3.05, 3.63) is 0 Å². The molecule has 15 heavy (non-hydrogen) atoms. The summed E-state index contributed by atoms with van der Waals surface area (Å²) in [6.45, 7) is 3.96. The first kappa shape index (κ1) is 14.3. The summed E-state index contributed by atoms with van der Waals surface area (Å²) in [4.78, 5) is 11.3. The Hall–Kier alpha value is 1.21. The normalized spacial score (nSPS) is 33.1. The number of halogens is 4. The zero-order valence-electron chi connectivity index (χ0n) is 8.70. The van der Waals surface area contributed by atoms with Crippen molar-refractivity contribution in [2.24, 2.45) is 5.92 Å². The molecular formula is C10H14Br2Cl2O. The fourth-order valence-electron chi connectivity index (χ4n) is 1.89. The maximum Gasteiger partial charge on any atom is 0.182 e. The van der Waals surface area contributed by atoms with E-state index >= 15 is 0 Å². The molecule has 1 fully saturated rings. The lowest BCUT2D eigenvalue weighted by Gasteiger charge is -2.40. The molecule has 1 nitrogen and oxygen atoms in total. The van der Waals surface area contributed by atoms with Crippen LogP contribution in [0.25, 0.3) is 0 Å². The molecule has 0 amide bonds. The number of Topliss-reactive ketones (excluding diaryl/α,β-unsaturated/α-hetero) is 1. The molecule has 0 spiro atoms. The Morgan fingerprint density at radius 3 is 2.33 bits per heavy atom. The van der Waals surface area contributed by atoms with Crippen molar-refractivity contribution in [3.63, 3.8) is 0 Å². The summed E-state index contributed by atoms with van der Waals surface area (Å²) in [7, 11) is 0. The molecule has 0 aromatic heterocycles. The first-order chi connectivity index (χ1) is 6.72. The third kappa shape index (κ3) is 2.72. The van der Waals surface area contributed by atoms with Crippen LogP contribution in [0.4, 0.5) is 0 Å². The largest absolute Gasteiger partial charge is 0.295 e. The molecule has 1 aliphatic rings. The summed E-state index contributed by atoms with van der Waals surface area (Å²) >= 11 is 19.4. The Morgan fingerprint density at radius 2 is 1.87 bits per heavy atom. The SMILES string of the molecule is CC(C)C(Cl)C1(Cl)CCCC(Br)(Br)C1=O. The quantitative estimate of drug-likeness (QED) is 0.646. The second-order valence-corrected chi connectivity index (χ2v) is 9.31. The highest BCUT2D eigenvalue weighted by Gasteiger charge is 2.54. The predicted octanol–water partition coefficient (Wildman–Crippen LogP) is 4.47. The maximum atomic E-state index is 12.2. The molecule has 0 saturated heterocycles. The Balaban J connectivity index is 2.97. The van der Waals surface area contributed by atoms with E-state index < -0.39 is 8.11 Å². The first-order valence-corrected chi connectivity index (χ1v) is 7.37. The highest BCUT2D eigenvalue weighted by atomic mass is 79.9. The first-order valence-electron chi connectivity index (χ1n) is 4.97. The number of carbonyl (C=O) groups excluding carboxylic acids is 1. The van der Waals surface area contributed by atoms with Gasteiger partial charge < -0.3 is 0 Å². The van der Waals surface area contributed by atoms with Gasteiger partial charge in [0, 0.05) is 0 Å². The van der Waals surface area contributed by atoms with Gasteiger partial charge in [-0.3, -0.25) is 4.79 Å². The minimum atomic E-state index is -0.943. The number of rotatable bonds is 2. The molecule has 2 atom stereocenters. The van der Waals surface area contributed by atoms with Crippen LogP contribution in [0, 0.1) is 5.92 Å². The average Bonchev–Trinajstić information content (AvgIpc) is 2.12. The van der Waals surface area contributed by atoms with E-state index in [-0.39, 0.29) is 17.1 Å². The standard InChI is InChI=1S/C10H14Br2Cl2O/c1-6(2)7(13)9(14)4-3-5-10(11,12)8(9)15/h6-7H,3-5H2,1-2H3. The zero-order chi connectivity index (χ0) is 11.9. The predicted molar refractivity (Wildman–Crippen MR) is 72.5 cm³/mol. The Morgan fingerprint density at radius 1 is 1.33 bits per heavy atom. The van der Waals surface area contributed by atoms with Crippen molar-refractivity contribution in [2.75, 3.05) is 0 Å². The lowest BCUT2D eigenvalue weighted by atomic mass is 9.81. The third-order valence-corrected chi connectivity index (χ3v) is 5.86. The second kappa shape index (κ2) is 4.83. The molecule has 0 bridgehead atoms. The zero-order valence-corrected chi connectivity index (χ0v) is 13.4. The van der Waals surface area contributed by atoms with E-state index in [2.05, 4.69) is 31.9 Å². The summed E-state index contributed by atoms with van der Waals surface area (Å²) in [5.74, 6) is 0.138.